The largest absolute Gasteiger partial charge is 0.481 e. The Hall–Kier alpha value is -3.42. The Morgan fingerprint density at radius 2 is 1.48 bits per heavy atom. The lowest BCUT2D eigenvalue weighted by Crippen LogP contribution is -2.23. The molecule has 0 heterocycles. The molecule has 8 heteroatoms. The van der Waals surface area contributed by atoms with Crippen LogP contribution in [0.2, 0.25) is 0 Å². The fraction of sp³-hybridized carbons (Fsp3) is 0.406. The van der Waals surface area contributed by atoms with Crippen LogP contribution in [0.5, 0.6) is 0 Å². The van der Waals surface area contributed by atoms with Crippen LogP contribution in [-0.4, -0.2) is 17.6 Å². The van der Waals surface area contributed by atoms with E-state index in [9.17, 15) is 31.9 Å². The van der Waals surface area contributed by atoms with E-state index in [1.165, 1.54) is 24.3 Å². The van der Waals surface area contributed by atoms with Gasteiger partial charge in [0, 0.05) is 24.2 Å². The Bertz CT molecular complexity index is 1270. The van der Waals surface area contributed by atoms with Crippen LogP contribution in [-0.2, 0) is 11.0 Å². The minimum Gasteiger partial charge on any atom is -0.481 e. The number of hydrogen-bond acceptors (Lipinski definition) is 2. The lowest BCUT2D eigenvalue weighted by molar-refractivity contribution is -0.141. The molecule has 216 valence electrons. The molecule has 0 saturated carbocycles. The number of halogens is 5. The highest BCUT2D eigenvalue weighted by Crippen LogP contribution is 2.44. The number of carboxylic acid groups (broad SMARTS) is 1. The van der Waals surface area contributed by atoms with Gasteiger partial charge in [0.1, 0.15) is 11.6 Å². The number of carbonyl (C=O) groups is 1. The molecule has 0 aliphatic heterocycles. The molecule has 2 atom stereocenters. The number of alkyl halides is 3. The van der Waals surface area contributed by atoms with Gasteiger partial charge in [-0.25, -0.2) is 8.78 Å². The summed E-state index contributed by atoms with van der Waals surface area (Å²) < 4.78 is 72.2. The second-order valence-corrected chi connectivity index (χ2v) is 11.1. The minimum atomic E-state index is -4.85. The summed E-state index contributed by atoms with van der Waals surface area (Å²) in [4.78, 5) is 12.3. The Morgan fingerprint density at radius 1 is 0.850 bits per heavy atom. The van der Waals surface area contributed by atoms with E-state index in [0.717, 1.165) is 6.07 Å². The van der Waals surface area contributed by atoms with Crippen molar-refractivity contribution in [3.05, 3.63) is 89.0 Å². The second-order valence-electron chi connectivity index (χ2n) is 11.1. The molecule has 0 fully saturated rings. The van der Waals surface area contributed by atoms with Crippen LogP contribution in [0.3, 0.4) is 0 Å². The van der Waals surface area contributed by atoms with E-state index in [2.05, 4.69) is 5.32 Å². The van der Waals surface area contributed by atoms with Crippen molar-refractivity contribution in [2.45, 2.75) is 65.0 Å². The molecule has 40 heavy (non-hydrogen) atoms. The van der Waals surface area contributed by atoms with Crippen LogP contribution in [0.1, 0.15) is 75.5 Å². The molecule has 0 amide bonds. The number of carboxylic acids is 1. The quantitative estimate of drug-likeness (QED) is 0.217. The van der Waals surface area contributed by atoms with Gasteiger partial charge in [-0.3, -0.25) is 4.79 Å². The second kappa shape index (κ2) is 13.3. The summed E-state index contributed by atoms with van der Waals surface area (Å²) in [5, 5.41) is 12.9. The van der Waals surface area contributed by atoms with Crippen LogP contribution in [0, 0.1) is 23.5 Å². The maximum atomic E-state index is 14.7. The maximum absolute atomic E-state index is 14.7. The van der Waals surface area contributed by atoms with Crippen molar-refractivity contribution in [1.82, 2.24) is 0 Å². The first-order chi connectivity index (χ1) is 18.8. The van der Waals surface area contributed by atoms with Crippen LogP contribution in [0.15, 0.2) is 60.7 Å². The molecular weight excluding hydrogens is 525 g/mol. The van der Waals surface area contributed by atoms with Crippen LogP contribution in [0.25, 0.3) is 11.1 Å². The van der Waals surface area contributed by atoms with Gasteiger partial charge in [0.15, 0.2) is 0 Å². The van der Waals surface area contributed by atoms with Gasteiger partial charge in [-0.2, -0.15) is 13.2 Å². The van der Waals surface area contributed by atoms with Gasteiger partial charge >= 0.3 is 12.1 Å². The summed E-state index contributed by atoms with van der Waals surface area (Å²) in [5.74, 6) is -4.60. The number of rotatable bonds is 12. The van der Waals surface area contributed by atoms with Crippen molar-refractivity contribution < 1.29 is 31.9 Å². The van der Waals surface area contributed by atoms with Crippen LogP contribution < -0.4 is 5.32 Å². The van der Waals surface area contributed by atoms with Crippen molar-refractivity contribution in [2.24, 2.45) is 11.8 Å². The first-order valence-electron chi connectivity index (χ1n) is 13.5. The van der Waals surface area contributed by atoms with Gasteiger partial charge in [0.2, 0.25) is 0 Å². The minimum absolute atomic E-state index is 0.0235. The standard InChI is InChI=1S/C32H36F5NO2/c1-19(2)10-11-22(23-13-25(33)17-26(34)14-23)18-38-29-16-24(21-8-6-5-7-9-21)15-27(30(29)32(35,36)37)28(31(39)40)12-20(3)4/h5-9,13-17,19-20,22,28,38H,10-12,18H2,1-4H3,(H,39,40). The van der Waals surface area contributed by atoms with Crippen molar-refractivity contribution in [3.63, 3.8) is 0 Å². The van der Waals surface area contributed by atoms with E-state index in [0.29, 0.717) is 29.5 Å². The molecule has 3 aromatic carbocycles. The van der Waals surface area contributed by atoms with Gasteiger partial charge in [0.05, 0.1) is 11.5 Å². The highest BCUT2D eigenvalue weighted by atomic mass is 19.4. The van der Waals surface area contributed by atoms with Crippen molar-refractivity contribution in [3.8, 4) is 11.1 Å². The van der Waals surface area contributed by atoms with Crippen molar-refractivity contribution >= 4 is 11.7 Å². The Balaban J connectivity index is 2.17. The maximum Gasteiger partial charge on any atom is 0.418 e. The lowest BCUT2D eigenvalue weighted by Gasteiger charge is -2.26. The van der Waals surface area contributed by atoms with E-state index in [4.69, 9.17) is 0 Å². The molecule has 0 saturated heterocycles. The fourth-order valence-corrected chi connectivity index (χ4v) is 4.99. The SMILES string of the molecule is CC(C)CCC(CNc1cc(-c2ccccc2)cc(C(CC(C)C)C(=O)O)c1C(F)(F)F)c1cc(F)cc(F)c1. The Labute approximate surface area is 232 Å². The molecule has 2 N–H and O–H groups in total. The highest BCUT2D eigenvalue weighted by molar-refractivity contribution is 5.81. The number of anilines is 1. The molecule has 3 nitrogen and oxygen atoms in total. The molecule has 0 spiro atoms. The normalized spacial score (nSPS) is 13.5. The van der Waals surface area contributed by atoms with Crippen molar-refractivity contribution in [2.75, 3.05) is 11.9 Å². The molecule has 0 bridgehead atoms. The molecule has 0 radical (unpaired) electrons. The predicted octanol–water partition coefficient (Wildman–Crippen LogP) is 9.50. The average molecular weight is 562 g/mol. The zero-order valence-corrected chi connectivity index (χ0v) is 23.2. The van der Waals surface area contributed by atoms with Gasteiger partial charge in [-0.15, -0.1) is 0 Å². The molecule has 3 rings (SSSR count). The molecule has 2 unspecified atom stereocenters. The summed E-state index contributed by atoms with van der Waals surface area (Å²) in [6.07, 6.45) is -3.64. The van der Waals surface area contributed by atoms with Crippen LogP contribution >= 0.6 is 0 Å². The van der Waals surface area contributed by atoms with Crippen LogP contribution in [0.4, 0.5) is 27.6 Å². The van der Waals surface area contributed by atoms with Gasteiger partial charge < -0.3 is 10.4 Å². The number of hydrogen-bond donors (Lipinski definition) is 2. The zero-order chi connectivity index (χ0) is 29.6. The molecule has 0 aromatic heterocycles. The number of benzene rings is 3. The van der Waals surface area contributed by atoms with E-state index in [1.54, 1.807) is 44.2 Å². The van der Waals surface area contributed by atoms with E-state index in [1.807, 2.05) is 13.8 Å². The fourth-order valence-electron chi connectivity index (χ4n) is 4.99. The zero-order valence-electron chi connectivity index (χ0n) is 23.2. The van der Waals surface area contributed by atoms with E-state index < -0.39 is 41.2 Å². The topological polar surface area (TPSA) is 49.3 Å². The third kappa shape index (κ3) is 8.29. The molecular formula is C32H36F5NO2. The lowest BCUT2D eigenvalue weighted by atomic mass is 9.84. The monoisotopic (exact) mass is 561 g/mol. The Morgan fingerprint density at radius 3 is 2.00 bits per heavy atom. The van der Waals surface area contributed by atoms with E-state index >= 15 is 0 Å². The third-order valence-electron chi connectivity index (χ3n) is 6.93. The smallest absolute Gasteiger partial charge is 0.418 e. The summed E-state index contributed by atoms with van der Waals surface area (Å²) in [7, 11) is 0. The Kier molecular flexibility index (Phi) is 10.3. The van der Waals surface area contributed by atoms with E-state index in [-0.39, 0.29) is 36.1 Å². The highest BCUT2D eigenvalue weighted by Gasteiger charge is 2.40. The van der Waals surface area contributed by atoms with Crippen molar-refractivity contribution in [1.29, 1.82) is 0 Å². The first-order valence-corrected chi connectivity index (χ1v) is 13.5. The first kappa shape index (κ1) is 31.1. The third-order valence-corrected chi connectivity index (χ3v) is 6.93. The number of aliphatic carboxylic acids is 1. The van der Waals surface area contributed by atoms with Gasteiger partial charge in [-0.05, 0) is 71.2 Å². The summed E-state index contributed by atoms with van der Waals surface area (Å²) >= 11 is 0. The summed E-state index contributed by atoms with van der Waals surface area (Å²) in [5.41, 5.74) is -0.178. The summed E-state index contributed by atoms with van der Waals surface area (Å²) in [6.45, 7) is 7.49. The molecule has 0 aliphatic rings. The number of nitrogens with one attached hydrogen (secondary N) is 1. The average Bonchev–Trinajstić information content (AvgIpc) is 2.85. The molecule has 0 aliphatic carbocycles. The van der Waals surface area contributed by atoms with Gasteiger partial charge in [-0.1, -0.05) is 64.4 Å². The van der Waals surface area contributed by atoms with Gasteiger partial charge in [0.25, 0.3) is 0 Å². The predicted molar refractivity (Wildman–Crippen MR) is 148 cm³/mol. The molecule has 3 aromatic rings. The summed E-state index contributed by atoms with van der Waals surface area (Å²) in [6, 6.07) is 14.6.